The average Bonchev–Trinajstić information content (AvgIpc) is 2.52. The zero-order chi connectivity index (χ0) is 11.9. The number of likely N-dealkylation sites (tertiary alicyclic amines) is 1. The zero-order valence-electron chi connectivity index (χ0n) is 11.3. The lowest BCUT2D eigenvalue weighted by Crippen LogP contribution is -2.62. The Kier molecular flexibility index (Phi) is 3.30. The van der Waals surface area contributed by atoms with Gasteiger partial charge in [-0.05, 0) is 26.8 Å². The first kappa shape index (κ1) is 12.3. The van der Waals surface area contributed by atoms with E-state index in [0.717, 1.165) is 12.5 Å². The number of nitrogens with zero attached hydrogens (tertiary/aromatic N) is 1. The van der Waals surface area contributed by atoms with Gasteiger partial charge in [-0.1, -0.05) is 13.8 Å². The van der Waals surface area contributed by atoms with Crippen LogP contribution in [-0.2, 0) is 4.74 Å². The Balaban J connectivity index is 1.84. The molecule has 94 valence electrons. The van der Waals surface area contributed by atoms with Crippen molar-refractivity contribution in [1.82, 2.24) is 10.2 Å². The molecule has 2 rings (SSSR count). The summed E-state index contributed by atoms with van der Waals surface area (Å²) in [5.41, 5.74) is 0.291. The summed E-state index contributed by atoms with van der Waals surface area (Å²) in [4.78, 5) is 2.44. The van der Waals surface area contributed by atoms with E-state index < -0.39 is 0 Å². The van der Waals surface area contributed by atoms with E-state index >= 15 is 0 Å². The van der Waals surface area contributed by atoms with Crippen LogP contribution in [0.15, 0.2) is 0 Å². The number of likely N-dealkylation sites (N-methyl/N-ethyl adjacent to an activating group) is 1. The summed E-state index contributed by atoms with van der Waals surface area (Å²) in [7, 11) is 4.05. The van der Waals surface area contributed by atoms with Crippen molar-refractivity contribution in [2.24, 2.45) is 5.41 Å². The molecule has 1 saturated carbocycles. The monoisotopic (exact) mass is 226 g/mol. The quantitative estimate of drug-likeness (QED) is 0.789. The molecule has 1 aliphatic carbocycles. The third-order valence-corrected chi connectivity index (χ3v) is 4.79. The molecule has 3 nitrogen and oxygen atoms in total. The summed E-state index contributed by atoms with van der Waals surface area (Å²) >= 11 is 0. The lowest BCUT2D eigenvalue weighted by Gasteiger charge is -2.52. The molecule has 2 fully saturated rings. The molecule has 0 spiro atoms. The highest BCUT2D eigenvalue weighted by Gasteiger charge is 2.49. The van der Waals surface area contributed by atoms with E-state index in [1.807, 2.05) is 7.11 Å². The van der Waals surface area contributed by atoms with Crippen molar-refractivity contribution in [3.63, 3.8) is 0 Å². The lowest BCUT2D eigenvalue weighted by atomic mass is 9.64. The fourth-order valence-corrected chi connectivity index (χ4v) is 3.17. The van der Waals surface area contributed by atoms with Crippen LogP contribution in [0.25, 0.3) is 0 Å². The van der Waals surface area contributed by atoms with Crippen LogP contribution in [0.3, 0.4) is 0 Å². The number of hydrogen-bond acceptors (Lipinski definition) is 3. The topological polar surface area (TPSA) is 24.5 Å². The predicted molar refractivity (Wildman–Crippen MR) is 66.6 cm³/mol. The molecule has 0 aromatic rings. The van der Waals surface area contributed by atoms with Crippen LogP contribution in [0.5, 0.6) is 0 Å². The Morgan fingerprint density at radius 1 is 1.31 bits per heavy atom. The van der Waals surface area contributed by atoms with E-state index in [2.05, 4.69) is 38.0 Å². The molecule has 4 unspecified atom stereocenters. The van der Waals surface area contributed by atoms with Gasteiger partial charge in [-0.15, -0.1) is 0 Å². The van der Waals surface area contributed by atoms with Crippen molar-refractivity contribution in [2.75, 3.05) is 20.7 Å². The highest BCUT2D eigenvalue weighted by atomic mass is 16.5. The summed E-state index contributed by atoms with van der Waals surface area (Å²) in [5, 5.41) is 3.81. The van der Waals surface area contributed by atoms with Crippen molar-refractivity contribution < 1.29 is 4.74 Å². The SMILES string of the molecule is COC1CC(NC2CC(C)N(C)C2)C1(C)C. The van der Waals surface area contributed by atoms with Gasteiger partial charge in [-0.3, -0.25) is 0 Å². The summed E-state index contributed by atoms with van der Waals surface area (Å²) in [6.45, 7) is 8.12. The number of methoxy groups -OCH3 is 1. The van der Waals surface area contributed by atoms with Crippen molar-refractivity contribution in [2.45, 2.75) is 57.8 Å². The second-order valence-corrected chi connectivity index (χ2v) is 6.22. The van der Waals surface area contributed by atoms with Crippen LogP contribution >= 0.6 is 0 Å². The molecule has 1 saturated heterocycles. The van der Waals surface area contributed by atoms with Crippen LogP contribution in [0, 0.1) is 5.41 Å². The Labute approximate surface area is 99.5 Å². The van der Waals surface area contributed by atoms with Crippen LogP contribution in [-0.4, -0.2) is 49.8 Å². The maximum atomic E-state index is 5.49. The van der Waals surface area contributed by atoms with Crippen molar-refractivity contribution in [1.29, 1.82) is 0 Å². The third kappa shape index (κ3) is 2.01. The van der Waals surface area contributed by atoms with Gasteiger partial charge in [-0.25, -0.2) is 0 Å². The normalized spacial score (nSPS) is 43.3. The lowest BCUT2D eigenvalue weighted by molar-refractivity contribution is -0.0998. The minimum absolute atomic E-state index is 0.291. The van der Waals surface area contributed by atoms with E-state index in [9.17, 15) is 0 Å². The summed E-state index contributed by atoms with van der Waals surface area (Å²) in [6.07, 6.45) is 2.88. The zero-order valence-corrected chi connectivity index (χ0v) is 11.3. The van der Waals surface area contributed by atoms with Crippen LogP contribution < -0.4 is 5.32 Å². The minimum atomic E-state index is 0.291. The summed E-state index contributed by atoms with van der Waals surface area (Å²) in [5.74, 6) is 0. The van der Waals surface area contributed by atoms with Crippen LogP contribution in [0.4, 0.5) is 0 Å². The molecule has 1 aliphatic heterocycles. The Hall–Kier alpha value is -0.120. The van der Waals surface area contributed by atoms with Crippen molar-refractivity contribution in [3.8, 4) is 0 Å². The third-order valence-electron chi connectivity index (χ3n) is 4.79. The van der Waals surface area contributed by atoms with E-state index in [1.165, 1.54) is 13.0 Å². The van der Waals surface area contributed by atoms with E-state index in [1.54, 1.807) is 0 Å². The fourth-order valence-electron chi connectivity index (χ4n) is 3.17. The number of nitrogens with one attached hydrogen (secondary N) is 1. The van der Waals surface area contributed by atoms with E-state index in [4.69, 9.17) is 4.74 Å². The predicted octanol–water partition coefficient (Wildman–Crippen LogP) is 1.48. The first-order valence-electron chi connectivity index (χ1n) is 6.44. The minimum Gasteiger partial charge on any atom is -0.381 e. The van der Waals surface area contributed by atoms with E-state index in [-0.39, 0.29) is 0 Å². The van der Waals surface area contributed by atoms with Gasteiger partial charge in [0.05, 0.1) is 6.10 Å². The maximum Gasteiger partial charge on any atom is 0.0652 e. The Morgan fingerprint density at radius 3 is 2.44 bits per heavy atom. The largest absolute Gasteiger partial charge is 0.381 e. The number of hydrogen-bond donors (Lipinski definition) is 1. The molecule has 0 aromatic carbocycles. The molecule has 1 heterocycles. The van der Waals surface area contributed by atoms with Crippen molar-refractivity contribution >= 4 is 0 Å². The highest BCUT2D eigenvalue weighted by Crippen LogP contribution is 2.42. The van der Waals surface area contributed by atoms with Gasteiger partial charge >= 0.3 is 0 Å². The van der Waals surface area contributed by atoms with Crippen LogP contribution in [0.2, 0.25) is 0 Å². The van der Waals surface area contributed by atoms with Gasteiger partial charge in [0.15, 0.2) is 0 Å². The molecule has 2 aliphatic rings. The highest BCUT2D eigenvalue weighted by molar-refractivity contribution is 5.04. The number of rotatable bonds is 3. The molecule has 0 aromatic heterocycles. The fraction of sp³-hybridized carbons (Fsp3) is 1.00. The van der Waals surface area contributed by atoms with Gasteiger partial charge in [0.2, 0.25) is 0 Å². The molecule has 0 radical (unpaired) electrons. The molecule has 3 heteroatoms. The average molecular weight is 226 g/mol. The van der Waals surface area contributed by atoms with Gasteiger partial charge < -0.3 is 15.0 Å². The molecular weight excluding hydrogens is 200 g/mol. The van der Waals surface area contributed by atoms with Gasteiger partial charge in [0.25, 0.3) is 0 Å². The number of ether oxygens (including phenoxy) is 1. The second kappa shape index (κ2) is 4.28. The molecule has 16 heavy (non-hydrogen) atoms. The van der Waals surface area contributed by atoms with Crippen LogP contribution in [0.1, 0.15) is 33.6 Å². The van der Waals surface area contributed by atoms with Gasteiger partial charge in [0, 0.05) is 37.2 Å². The van der Waals surface area contributed by atoms with Gasteiger partial charge in [0.1, 0.15) is 0 Å². The smallest absolute Gasteiger partial charge is 0.0652 e. The summed E-state index contributed by atoms with van der Waals surface area (Å²) in [6, 6.07) is 2.02. The molecule has 1 N–H and O–H groups in total. The maximum absolute atomic E-state index is 5.49. The van der Waals surface area contributed by atoms with E-state index in [0.29, 0.717) is 23.6 Å². The molecule has 0 amide bonds. The second-order valence-electron chi connectivity index (χ2n) is 6.22. The standard InChI is InChI=1S/C13H26N2O/c1-9-6-10(8-15(9)4)14-11-7-12(16-5)13(11,2)3/h9-12,14H,6-8H2,1-5H3. The van der Waals surface area contributed by atoms with Gasteiger partial charge in [-0.2, -0.15) is 0 Å². The first-order valence-corrected chi connectivity index (χ1v) is 6.44. The van der Waals surface area contributed by atoms with Crippen molar-refractivity contribution in [3.05, 3.63) is 0 Å². The molecular formula is C13H26N2O. The Bertz CT molecular complexity index is 244. The molecule has 4 atom stereocenters. The molecule has 0 bridgehead atoms. The Morgan fingerprint density at radius 2 is 2.00 bits per heavy atom. The summed E-state index contributed by atoms with van der Waals surface area (Å²) < 4.78 is 5.49. The first-order chi connectivity index (χ1) is 7.45.